The van der Waals surface area contributed by atoms with Crippen molar-refractivity contribution in [1.29, 1.82) is 0 Å². The molecule has 5 atom stereocenters. The molecule has 5 aromatic carbocycles. The number of para-hydroxylation sites is 1. The highest BCUT2D eigenvalue weighted by Crippen LogP contribution is 2.49. The van der Waals surface area contributed by atoms with Gasteiger partial charge in [-0.2, -0.15) is 0 Å². The van der Waals surface area contributed by atoms with Crippen LogP contribution >= 0.6 is 0 Å². The van der Waals surface area contributed by atoms with Gasteiger partial charge in [-0.05, 0) is 61.1 Å². The predicted octanol–water partition coefficient (Wildman–Crippen LogP) is 8.55. The summed E-state index contributed by atoms with van der Waals surface area (Å²) >= 11 is 0. The van der Waals surface area contributed by atoms with Crippen LogP contribution in [0.3, 0.4) is 0 Å². The highest BCUT2D eigenvalue weighted by Gasteiger charge is 2.62. The normalized spacial score (nSPS) is 20.3. The van der Waals surface area contributed by atoms with Gasteiger partial charge in [-0.15, -0.1) is 0 Å². The maximum Gasteiger partial charge on any atom is 0.268 e. The Labute approximate surface area is 364 Å². The summed E-state index contributed by atoms with van der Waals surface area (Å²) in [6.07, 6.45) is 0.523. The lowest BCUT2D eigenvalue weighted by molar-refractivity contribution is -0.373. The molecule has 6 aromatic rings. The molecule has 1 aliphatic heterocycles. The van der Waals surface area contributed by atoms with Gasteiger partial charge < -0.3 is 33.7 Å². The zero-order chi connectivity index (χ0) is 43.2. The van der Waals surface area contributed by atoms with Gasteiger partial charge in [0.15, 0.2) is 11.9 Å². The van der Waals surface area contributed by atoms with Gasteiger partial charge in [0, 0.05) is 43.8 Å². The van der Waals surface area contributed by atoms with Crippen LogP contribution in [0.5, 0.6) is 0 Å². The van der Waals surface area contributed by atoms with Crippen LogP contribution in [0.25, 0.3) is 10.9 Å². The van der Waals surface area contributed by atoms with E-state index in [1.807, 2.05) is 116 Å². The van der Waals surface area contributed by atoms with E-state index in [0.717, 1.165) is 36.0 Å². The van der Waals surface area contributed by atoms with Crippen molar-refractivity contribution in [3.8, 4) is 0 Å². The van der Waals surface area contributed by atoms with Crippen molar-refractivity contribution in [2.45, 2.75) is 88.0 Å². The van der Waals surface area contributed by atoms with E-state index in [-0.39, 0.29) is 43.8 Å². The van der Waals surface area contributed by atoms with E-state index in [2.05, 4.69) is 5.32 Å². The molecule has 12 heteroatoms. The quantitative estimate of drug-likeness (QED) is 0.0670. The maximum atomic E-state index is 14.6. The van der Waals surface area contributed by atoms with Gasteiger partial charge in [-0.1, -0.05) is 127 Å². The first kappa shape index (κ1) is 44.9. The third-order valence-electron chi connectivity index (χ3n) is 11.0. The van der Waals surface area contributed by atoms with E-state index < -0.39 is 40.2 Å². The Morgan fingerprint density at radius 3 is 1.92 bits per heavy atom. The molecule has 0 unspecified atom stereocenters. The van der Waals surface area contributed by atoms with Crippen molar-refractivity contribution >= 4 is 26.8 Å². The van der Waals surface area contributed by atoms with Gasteiger partial charge in [-0.25, -0.2) is 12.4 Å². The number of amides is 1. The molecule has 1 aliphatic rings. The second-order valence-electron chi connectivity index (χ2n) is 15.3. The Morgan fingerprint density at radius 1 is 0.710 bits per heavy atom. The third-order valence-corrected chi connectivity index (χ3v) is 12.6. The molecule has 1 amide bonds. The number of nitrogens with zero attached hydrogens (tertiary/aromatic N) is 1. The summed E-state index contributed by atoms with van der Waals surface area (Å²) in [6, 6.07) is 45.3. The number of aromatic nitrogens is 1. The minimum absolute atomic E-state index is 0.0451. The van der Waals surface area contributed by atoms with Gasteiger partial charge in [-0.3, -0.25) is 4.79 Å². The first-order valence-corrected chi connectivity index (χ1v) is 22.7. The van der Waals surface area contributed by atoms with E-state index in [1.165, 1.54) is 10.9 Å². The lowest BCUT2D eigenvalue weighted by Gasteiger charge is -2.53. The van der Waals surface area contributed by atoms with E-state index in [9.17, 15) is 13.2 Å². The fourth-order valence-electron chi connectivity index (χ4n) is 7.92. The molecule has 326 valence electrons. The van der Waals surface area contributed by atoms with E-state index >= 15 is 0 Å². The zero-order valence-electron chi connectivity index (χ0n) is 35.3. The van der Waals surface area contributed by atoms with Crippen molar-refractivity contribution in [3.63, 3.8) is 0 Å². The number of hydrogen-bond donors (Lipinski definition) is 1. The lowest BCUT2D eigenvalue weighted by atomic mass is 9.79. The zero-order valence-corrected chi connectivity index (χ0v) is 36.2. The standard InChI is InChI=1S/C50H56N2O9S/c1-3-57-49-50(60-36-41-25-13-6-14-26-41,44-33-52(45-30-18-17-29-43(44)45)62(54,55)42-27-15-7-16-28-42)48(59-35-40-23-11-5-12-24-40)47(58-34-39-21-9-4-10-22-39)46(61-49)37-56-32-20-8-19-31-51-38(2)53/h4-7,9-18,21-30,33,46-49H,3,8,19-20,31-32,34-37H2,1-2H3,(H,51,53)/t46-,47-,48+,49-,50-/m1/s1. The molecule has 0 aliphatic carbocycles. The highest BCUT2D eigenvalue weighted by atomic mass is 32.2. The Kier molecular flexibility index (Phi) is 15.7. The van der Waals surface area contributed by atoms with Crippen molar-refractivity contribution < 1.29 is 41.6 Å². The fraction of sp³-hybridized carbons (Fsp3) is 0.340. The average Bonchev–Trinajstić information content (AvgIpc) is 3.71. The van der Waals surface area contributed by atoms with Crippen LogP contribution in [0, 0.1) is 0 Å². The number of hydrogen-bond acceptors (Lipinski definition) is 9. The average molecular weight is 861 g/mol. The minimum Gasteiger partial charge on any atom is -0.379 e. The van der Waals surface area contributed by atoms with Crippen molar-refractivity contribution in [3.05, 3.63) is 174 Å². The van der Waals surface area contributed by atoms with Crippen LogP contribution in [0.4, 0.5) is 0 Å². The Balaban J connectivity index is 1.38. The largest absolute Gasteiger partial charge is 0.379 e. The molecular formula is C50H56N2O9S. The number of carbonyl (C=O) groups excluding carboxylic acids is 1. The third kappa shape index (κ3) is 10.7. The van der Waals surface area contributed by atoms with Crippen LogP contribution in [0.15, 0.2) is 157 Å². The van der Waals surface area contributed by atoms with Crippen LogP contribution in [-0.2, 0) is 68.7 Å². The van der Waals surface area contributed by atoms with Gasteiger partial charge in [0.1, 0.15) is 18.3 Å². The summed E-state index contributed by atoms with van der Waals surface area (Å²) in [5.74, 6) is -0.0451. The van der Waals surface area contributed by atoms with E-state index in [4.69, 9.17) is 28.4 Å². The number of fused-ring (bicyclic) bond motifs is 1. The van der Waals surface area contributed by atoms with Gasteiger partial charge in [0.05, 0.1) is 36.8 Å². The number of ether oxygens (including phenoxy) is 6. The maximum absolute atomic E-state index is 14.6. The lowest BCUT2D eigenvalue weighted by Crippen LogP contribution is -2.67. The molecule has 2 heterocycles. The molecule has 1 fully saturated rings. The number of unbranched alkanes of at least 4 members (excludes halogenated alkanes) is 2. The summed E-state index contributed by atoms with van der Waals surface area (Å²) in [5, 5.41) is 3.47. The molecule has 11 nitrogen and oxygen atoms in total. The molecule has 1 N–H and O–H groups in total. The molecule has 7 rings (SSSR count). The summed E-state index contributed by atoms with van der Waals surface area (Å²) in [6.45, 7) is 5.37. The number of carbonyl (C=O) groups is 1. The van der Waals surface area contributed by atoms with Gasteiger partial charge in [0.25, 0.3) is 10.0 Å². The number of nitrogens with one attached hydrogen (secondary N) is 1. The Morgan fingerprint density at radius 2 is 1.29 bits per heavy atom. The molecule has 0 radical (unpaired) electrons. The molecular weight excluding hydrogens is 805 g/mol. The topological polar surface area (TPSA) is 124 Å². The minimum atomic E-state index is -4.11. The summed E-state index contributed by atoms with van der Waals surface area (Å²) in [4.78, 5) is 11.5. The van der Waals surface area contributed by atoms with Crippen LogP contribution in [0.1, 0.15) is 55.4 Å². The molecule has 0 bridgehead atoms. The van der Waals surface area contributed by atoms with Crippen molar-refractivity contribution in [1.82, 2.24) is 9.29 Å². The van der Waals surface area contributed by atoms with E-state index in [1.54, 1.807) is 42.6 Å². The van der Waals surface area contributed by atoms with Gasteiger partial charge in [0.2, 0.25) is 5.91 Å². The second kappa shape index (κ2) is 21.8. The molecule has 1 saturated heterocycles. The molecule has 0 spiro atoms. The second-order valence-corrected chi connectivity index (χ2v) is 17.1. The first-order chi connectivity index (χ1) is 30.3. The number of benzene rings is 5. The summed E-state index contributed by atoms with van der Waals surface area (Å²) in [5.41, 5.74) is 2.09. The van der Waals surface area contributed by atoms with Crippen LogP contribution < -0.4 is 5.32 Å². The summed E-state index contributed by atoms with van der Waals surface area (Å²) < 4.78 is 72.2. The highest BCUT2D eigenvalue weighted by molar-refractivity contribution is 7.90. The first-order valence-electron chi connectivity index (χ1n) is 21.3. The predicted molar refractivity (Wildman–Crippen MR) is 238 cm³/mol. The van der Waals surface area contributed by atoms with E-state index in [0.29, 0.717) is 29.6 Å². The van der Waals surface area contributed by atoms with Crippen LogP contribution in [0.2, 0.25) is 0 Å². The molecule has 62 heavy (non-hydrogen) atoms. The summed E-state index contributed by atoms with van der Waals surface area (Å²) in [7, 11) is -4.11. The Bertz CT molecular complexity index is 2400. The molecule has 1 aromatic heterocycles. The van der Waals surface area contributed by atoms with Gasteiger partial charge >= 0.3 is 0 Å². The van der Waals surface area contributed by atoms with Crippen LogP contribution in [-0.4, -0.2) is 69.3 Å². The Hall–Kier alpha value is -5.18. The monoisotopic (exact) mass is 860 g/mol. The smallest absolute Gasteiger partial charge is 0.268 e. The fourth-order valence-corrected chi connectivity index (χ4v) is 9.31. The SMILES string of the molecule is CCO[C@@H]1O[C@H](COCCCCCNC(C)=O)[C@@H](OCc2ccccc2)[C@H](OCc2ccccc2)[C@]1(OCc1ccccc1)c1cn(S(=O)(=O)c2ccccc2)c2ccccc12. The molecule has 0 saturated carbocycles. The van der Waals surface area contributed by atoms with Crippen molar-refractivity contribution in [2.24, 2.45) is 0 Å². The van der Waals surface area contributed by atoms with Crippen molar-refractivity contribution in [2.75, 3.05) is 26.4 Å². The number of rotatable bonds is 22.